The van der Waals surface area contributed by atoms with Crippen LogP contribution in [0, 0.1) is 12.7 Å². The average Bonchev–Trinajstić information content (AvgIpc) is 2.32. The highest BCUT2D eigenvalue weighted by molar-refractivity contribution is 5.95. The number of rotatable bonds is 1. The molecule has 0 unspecified atom stereocenters. The van der Waals surface area contributed by atoms with Crippen molar-refractivity contribution in [2.24, 2.45) is 0 Å². The zero-order valence-electron chi connectivity index (χ0n) is 9.20. The monoisotopic (exact) mass is 223 g/mol. The summed E-state index contributed by atoms with van der Waals surface area (Å²) in [6.45, 7) is 2.92. The smallest absolute Gasteiger partial charge is 0.271 e. The van der Waals surface area contributed by atoms with Crippen molar-refractivity contribution in [2.45, 2.75) is 19.8 Å². The Morgan fingerprint density at radius 2 is 2.25 bits per heavy atom. The second kappa shape index (κ2) is 4.61. The van der Waals surface area contributed by atoms with Gasteiger partial charge in [0.05, 0.1) is 6.61 Å². The Balaban J connectivity index is 2.22. The first kappa shape index (κ1) is 11.1. The Kier molecular flexibility index (Phi) is 3.19. The van der Waals surface area contributed by atoms with Gasteiger partial charge in [0.15, 0.2) is 0 Å². The van der Waals surface area contributed by atoms with Crippen molar-refractivity contribution in [3.05, 3.63) is 35.1 Å². The van der Waals surface area contributed by atoms with E-state index in [0.717, 1.165) is 18.4 Å². The van der Waals surface area contributed by atoms with E-state index >= 15 is 0 Å². The number of nitrogens with zero attached hydrogens (tertiary/aromatic N) is 1. The first-order chi connectivity index (χ1) is 7.68. The van der Waals surface area contributed by atoms with Crippen LogP contribution in [0.15, 0.2) is 18.2 Å². The maximum Gasteiger partial charge on any atom is 0.277 e. The molecule has 86 valence electrons. The number of carbonyl (C=O) groups is 1. The minimum Gasteiger partial charge on any atom is -0.271 e. The van der Waals surface area contributed by atoms with Gasteiger partial charge in [-0.05, 0) is 37.5 Å². The van der Waals surface area contributed by atoms with Gasteiger partial charge in [-0.2, -0.15) is 0 Å². The van der Waals surface area contributed by atoms with Gasteiger partial charge in [-0.25, -0.2) is 9.45 Å². The predicted molar refractivity (Wildman–Crippen MR) is 57.4 cm³/mol. The van der Waals surface area contributed by atoms with Crippen molar-refractivity contribution < 1.29 is 14.0 Å². The van der Waals surface area contributed by atoms with E-state index in [9.17, 15) is 9.18 Å². The predicted octanol–water partition coefficient (Wildman–Crippen LogP) is 2.30. The van der Waals surface area contributed by atoms with Crippen LogP contribution in [-0.2, 0) is 4.84 Å². The molecule has 1 aromatic rings. The molecule has 0 aromatic heterocycles. The van der Waals surface area contributed by atoms with Crippen LogP contribution in [-0.4, -0.2) is 24.1 Å². The van der Waals surface area contributed by atoms with Gasteiger partial charge in [0.1, 0.15) is 5.82 Å². The van der Waals surface area contributed by atoms with E-state index in [1.54, 1.807) is 13.0 Å². The van der Waals surface area contributed by atoms with Gasteiger partial charge < -0.3 is 0 Å². The zero-order valence-corrected chi connectivity index (χ0v) is 9.20. The molecule has 0 aliphatic carbocycles. The molecule has 1 aliphatic heterocycles. The Bertz CT molecular complexity index is 400. The third-order valence-electron chi connectivity index (χ3n) is 2.66. The maximum absolute atomic E-state index is 13.1. The number of amides is 1. The van der Waals surface area contributed by atoms with E-state index in [2.05, 4.69) is 0 Å². The molecule has 1 aromatic carbocycles. The molecule has 1 heterocycles. The fraction of sp³-hybridized carbons (Fsp3) is 0.417. The van der Waals surface area contributed by atoms with Gasteiger partial charge in [-0.1, -0.05) is 6.07 Å². The van der Waals surface area contributed by atoms with Crippen LogP contribution < -0.4 is 0 Å². The van der Waals surface area contributed by atoms with Gasteiger partial charge in [0.2, 0.25) is 0 Å². The third kappa shape index (κ3) is 2.22. The summed E-state index contributed by atoms with van der Waals surface area (Å²) in [6.07, 6.45) is 1.89. The molecule has 1 amide bonds. The SMILES string of the molecule is Cc1ccc(F)cc1C(=O)N1CCCCO1. The lowest BCUT2D eigenvalue weighted by Crippen LogP contribution is -2.36. The van der Waals surface area contributed by atoms with E-state index in [0.29, 0.717) is 18.7 Å². The zero-order chi connectivity index (χ0) is 11.5. The summed E-state index contributed by atoms with van der Waals surface area (Å²) in [5.74, 6) is -0.650. The van der Waals surface area contributed by atoms with Gasteiger partial charge in [0, 0.05) is 12.1 Å². The van der Waals surface area contributed by atoms with Crippen molar-refractivity contribution in [2.75, 3.05) is 13.2 Å². The van der Waals surface area contributed by atoms with Crippen molar-refractivity contribution in [1.29, 1.82) is 0 Å². The van der Waals surface area contributed by atoms with E-state index in [4.69, 9.17) is 4.84 Å². The van der Waals surface area contributed by atoms with Crippen molar-refractivity contribution >= 4 is 5.91 Å². The molecule has 3 nitrogen and oxygen atoms in total. The lowest BCUT2D eigenvalue weighted by molar-refractivity contribution is -0.144. The highest BCUT2D eigenvalue weighted by Gasteiger charge is 2.21. The van der Waals surface area contributed by atoms with E-state index in [-0.39, 0.29) is 5.91 Å². The highest BCUT2D eigenvalue weighted by atomic mass is 19.1. The number of hydrogen-bond donors (Lipinski definition) is 0. The van der Waals surface area contributed by atoms with Crippen molar-refractivity contribution in [1.82, 2.24) is 5.06 Å². The third-order valence-corrected chi connectivity index (χ3v) is 2.66. The normalized spacial score (nSPS) is 16.2. The van der Waals surface area contributed by atoms with Crippen LogP contribution in [0.1, 0.15) is 28.8 Å². The van der Waals surface area contributed by atoms with E-state index < -0.39 is 5.82 Å². The number of hydroxylamine groups is 2. The summed E-state index contributed by atoms with van der Waals surface area (Å²) in [7, 11) is 0. The van der Waals surface area contributed by atoms with Crippen LogP contribution in [0.2, 0.25) is 0 Å². The lowest BCUT2D eigenvalue weighted by Gasteiger charge is -2.26. The van der Waals surface area contributed by atoms with Gasteiger partial charge >= 0.3 is 0 Å². The maximum atomic E-state index is 13.1. The topological polar surface area (TPSA) is 29.5 Å². The molecule has 4 heteroatoms. The molecule has 0 N–H and O–H groups in total. The van der Waals surface area contributed by atoms with Crippen molar-refractivity contribution in [3.63, 3.8) is 0 Å². The molecule has 1 fully saturated rings. The number of benzene rings is 1. The quantitative estimate of drug-likeness (QED) is 0.731. The molecule has 0 radical (unpaired) electrons. The molecule has 1 saturated heterocycles. The Labute approximate surface area is 93.8 Å². The second-order valence-electron chi connectivity index (χ2n) is 3.91. The largest absolute Gasteiger partial charge is 0.277 e. The van der Waals surface area contributed by atoms with Gasteiger partial charge in [-0.15, -0.1) is 0 Å². The molecule has 0 spiro atoms. The average molecular weight is 223 g/mol. The lowest BCUT2D eigenvalue weighted by atomic mass is 10.1. The van der Waals surface area contributed by atoms with E-state index in [1.807, 2.05) is 0 Å². The molecule has 16 heavy (non-hydrogen) atoms. The first-order valence-electron chi connectivity index (χ1n) is 5.39. The summed E-state index contributed by atoms with van der Waals surface area (Å²) in [5, 5.41) is 1.32. The summed E-state index contributed by atoms with van der Waals surface area (Å²) < 4.78 is 13.1. The van der Waals surface area contributed by atoms with Crippen LogP contribution in [0.25, 0.3) is 0 Å². The van der Waals surface area contributed by atoms with E-state index in [1.165, 1.54) is 17.2 Å². The highest BCUT2D eigenvalue weighted by Crippen LogP contribution is 2.16. The summed E-state index contributed by atoms with van der Waals surface area (Å²) in [6, 6.07) is 4.21. The molecule has 0 bridgehead atoms. The van der Waals surface area contributed by atoms with Crippen molar-refractivity contribution in [3.8, 4) is 0 Å². The minimum atomic E-state index is -0.397. The van der Waals surface area contributed by atoms with Gasteiger partial charge in [-0.3, -0.25) is 9.63 Å². The first-order valence-corrected chi connectivity index (χ1v) is 5.39. The van der Waals surface area contributed by atoms with Crippen LogP contribution in [0.3, 0.4) is 0 Å². The Morgan fingerprint density at radius 1 is 1.44 bits per heavy atom. The van der Waals surface area contributed by atoms with Crippen LogP contribution in [0.4, 0.5) is 4.39 Å². The number of hydrogen-bond acceptors (Lipinski definition) is 2. The molecular formula is C12H14FNO2. The summed E-state index contributed by atoms with van der Waals surface area (Å²) in [5.41, 5.74) is 1.14. The molecule has 0 atom stereocenters. The molecule has 1 aliphatic rings. The second-order valence-corrected chi connectivity index (χ2v) is 3.91. The van der Waals surface area contributed by atoms with Crippen LogP contribution >= 0.6 is 0 Å². The van der Waals surface area contributed by atoms with Gasteiger partial charge in [0.25, 0.3) is 5.91 Å². The fourth-order valence-corrected chi connectivity index (χ4v) is 1.72. The summed E-state index contributed by atoms with van der Waals surface area (Å²) >= 11 is 0. The molecular weight excluding hydrogens is 209 g/mol. The molecule has 2 rings (SSSR count). The number of halogens is 1. The number of carbonyl (C=O) groups excluding carboxylic acids is 1. The Morgan fingerprint density at radius 3 is 2.94 bits per heavy atom. The number of aryl methyl sites for hydroxylation is 1. The fourth-order valence-electron chi connectivity index (χ4n) is 1.72. The molecule has 0 saturated carbocycles. The summed E-state index contributed by atoms with van der Waals surface area (Å²) in [4.78, 5) is 17.3. The standard InChI is InChI=1S/C12H14FNO2/c1-9-4-5-10(13)8-11(9)12(15)14-6-2-3-7-16-14/h4-5,8H,2-3,6-7H2,1H3. The minimum absolute atomic E-state index is 0.253. The van der Waals surface area contributed by atoms with Crippen LogP contribution in [0.5, 0.6) is 0 Å². The Hall–Kier alpha value is -1.42.